The number of rotatable bonds is 2. The Morgan fingerprint density at radius 3 is 2.56 bits per heavy atom. The monoisotopic (exact) mass is 250 g/mol. The minimum atomic E-state index is -0.741. The van der Waals surface area contributed by atoms with Crippen LogP contribution in [0.2, 0.25) is 0 Å². The number of hydrogen-bond acceptors (Lipinski definition) is 7. The van der Waals surface area contributed by atoms with E-state index in [2.05, 4.69) is 9.97 Å². The molecule has 0 bridgehead atoms. The molecule has 96 valence electrons. The molecule has 0 saturated carbocycles. The van der Waals surface area contributed by atoms with Gasteiger partial charge in [0.15, 0.2) is 17.2 Å². The van der Waals surface area contributed by atoms with Crippen LogP contribution >= 0.6 is 0 Å². The zero-order chi connectivity index (χ0) is 13.9. The Labute approximate surface area is 104 Å². The first kappa shape index (κ1) is 13.9. The zero-order valence-corrected chi connectivity index (χ0v) is 10.4. The van der Waals surface area contributed by atoms with E-state index in [0.29, 0.717) is 0 Å². The summed E-state index contributed by atoms with van der Waals surface area (Å²) in [4.78, 5) is 19.3. The van der Waals surface area contributed by atoms with Crippen LogP contribution in [-0.4, -0.2) is 26.6 Å². The topological polar surface area (TPSA) is 122 Å². The minimum absolute atomic E-state index is 0.0324. The van der Waals surface area contributed by atoms with Crippen molar-refractivity contribution in [2.45, 2.75) is 33.0 Å². The normalized spacial score (nSPS) is 10.8. The molecule has 0 aliphatic heterocycles. The minimum Gasteiger partial charge on any atom is -0.455 e. The number of esters is 1. The Bertz CT molecular complexity index is 514. The Morgan fingerprint density at radius 2 is 2.11 bits per heavy atom. The first-order valence-electron chi connectivity index (χ1n) is 5.19. The summed E-state index contributed by atoms with van der Waals surface area (Å²) in [5.74, 6) is -0.911. The van der Waals surface area contributed by atoms with Crippen LogP contribution in [0.25, 0.3) is 0 Å². The maximum atomic E-state index is 11.8. The standard InChI is InChI=1S/C11H14N4O3/c1-11(2,3)18-10(17)8-7(5-16)14-6(4-12)9(13)15-8/h16H,5H2,1-3H3,(H2,13,15). The second kappa shape index (κ2) is 4.98. The molecule has 3 N–H and O–H groups in total. The highest BCUT2D eigenvalue weighted by Gasteiger charge is 2.23. The number of hydrogen-bond donors (Lipinski definition) is 2. The summed E-state index contributed by atoms with van der Waals surface area (Å²) in [7, 11) is 0. The van der Waals surface area contributed by atoms with Crippen LogP contribution in [0, 0.1) is 11.3 Å². The summed E-state index contributed by atoms with van der Waals surface area (Å²) < 4.78 is 5.10. The number of nitrogens with two attached hydrogens (primary N) is 1. The van der Waals surface area contributed by atoms with Crippen molar-refractivity contribution in [2.24, 2.45) is 0 Å². The number of anilines is 1. The Balaban J connectivity index is 3.21. The van der Waals surface area contributed by atoms with Gasteiger partial charge in [-0.3, -0.25) is 0 Å². The van der Waals surface area contributed by atoms with E-state index in [-0.39, 0.29) is 22.9 Å². The van der Waals surface area contributed by atoms with Crippen molar-refractivity contribution in [1.82, 2.24) is 9.97 Å². The molecule has 0 radical (unpaired) electrons. The fraction of sp³-hybridized carbons (Fsp3) is 0.455. The van der Waals surface area contributed by atoms with Crippen LogP contribution in [0.15, 0.2) is 0 Å². The lowest BCUT2D eigenvalue weighted by atomic mass is 10.2. The average Bonchev–Trinajstić information content (AvgIpc) is 2.26. The average molecular weight is 250 g/mol. The lowest BCUT2D eigenvalue weighted by Gasteiger charge is -2.19. The molecule has 0 saturated heterocycles. The van der Waals surface area contributed by atoms with E-state index in [9.17, 15) is 4.79 Å². The van der Waals surface area contributed by atoms with Gasteiger partial charge in [0.2, 0.25) is 0 Å². The molecule has 0 spiro atoms. The van der Waals surface area contributed by atoms with Gasteiger partial charge in [0, 0.05) is 0 Å². The first-order chi connectivity index (χ1) is 8.28. The summed E-state index contributed by atoms with van der Waals surface area (Å²) in [6.07, 6.45) is 0. The van der Waals surface area contributed by atoms with Crippen molar-refractivity contribution >= 4 is 11.8 Å². The summed E-state index contributed by atoms with van der Waals surface area (Å²) in [6.45, 7) is 4.56. The zero-order valence-electron chi connectivity index (χ0n) is 10.4. The predicted octanol–water partition coefficient (Wildman–Crippen LogP) is 0.378. The van der Waals surface area contributed by atoms with E-state index < -0.39 is 18.2 Å². The van der Waals surface area contributed by atoms with Gasteiger partial charge in [0.1, 0.15) is 17.4 Å². The fourth-order valence-electron chi connectivity index (χ4n) is 1.17. The third-order valence-corrected chi connectivity index (χ3v) is 1.84. The first-order valence-corrected chi connectivity index (χ1v) is 5.19. The van der Waals surface area contributed by atoms with E-state index in [0.717, 1.165) is 0 Å². The third-order valence-electron chi connectivity index (χ3n) is 1.84. The Kier molecular flexibility index (Phi) is 3.83. The van der Waals surface area contributed by atoms with Crippen molar-refractivity contribution in [3.63, 3.8) is 0 Å². The lowest BCUT2D eigenvalue weighted by Crippen LogP contribution is -2.26. The molecule has 7 nitrogen and oxygen atoms in total. The number of ether oxygens (including phenoxy) is 1. The Morgan fingerprint density at radius 1 is 1.50 bits per heavy atom. The van der Waals surface area contributed by atoms with Gasteiger partial charge in [-0.25, -0.2) is 14.8 Å². The van der Waals surface area contributed by atoms with Crippen molar-refractivity contribution in [1.29, 1.82) is 5.26 Å². The smallest absolute Gasteiger partial charge is 0.359 e. The van der Waals surface area contributed by atoms with Crippen molar-refractivity contribution in [3.05, 3.63) is 17.1 Å². The van der Waals surface area contributed by atoms with Gasteiger partial charge in [0.05, 0.1) is 6.61 Å². The Hall–Kier alpha value is -2.20. The van der Waals surface area contributed by atoms with Crippen molar-refractivity contribution in [2.75, 3.05) is 5.73 Å². The summed E-state index contributed by atoms with van der Waals surface area (Å²) in [6, 6.07) is 1.72. The fourth-order valence-corrected chi connectivity index (χ4v) is 1.17. The van der Waals surface area contributed by atoms with Gasteiger partial charge in [-0.1, -0.05) is 0 Å². The number of aliphatic hydroxyl groups is 1. The number of aromatic nitrogens is 2. The molecule has 0 aromatic carbocycles. The van der Waals surface area contributed by atoms with Gasteiger partial charge in [-0.2, -0.15) is 5.26 Å². The number of carbonyl (C=O) groups excluding carboxylic acids is 1. The molecule has 1 rings (SSSR count). The van der Waals surface area contributed by atoms with Gasteiger partial charge < -0.3 is 15.6 Å². The lowest BCUT2D eigenvalue weighted by molar-refractivity contribution is 0.00589. The highest BCUT2D eigenvalue weighted by molar-refractivity contribution is 5.89. The SMILES string of the molecule is CC(C)(C)OC(=O)c1nc(N)c(C#N)nc1CO. The van der Waals surface area contributed by atoms with Crippen LogP contribution < -0.4 is 5.73 Å². The molecule has 1 aromatic heterocycles. The number of carbonyl (C=O) groups is 1. The molecule has 7 heteroatoms. The van der Waals surface area contributed by atoms with Crippen LogP contribution in [0.3, 0.4) is 0 Å². The molecule has 0 unspecified atom stereocenters. The highest BCUT2D eigenvalue weighted by atomic mass is 16.6. The van der Waals surface area contributed by atoms with E-state index >= 15 is 0 Å². The molecular formula is C11H14N4O3. The molecule has 0 fully saturated rings. The second-order valence-corrected chi connectivity index (χ2v) is 4.52. The summed E-state index contributed by atoms with van der Waals surface area (Å²) in [5.41, 5.74) is 4.43. The van der Waals surface area contributed by atoms with E-state index in [1.807, 2.05) is 0 Å². The van der Waals surface area contributed by atoms with Crippen LogP contribution in [0.1, 0.15) is 42.6 Å². The molecule has 0 aliphatic rings. The largest absolute Gasteiger partial charge is 0.455 e. The number of aliphatic hydroxyl groups excluding tert-OH is 1. The van der Waals surface area contributed by atoms with Crippen LogP contribution in [0.4, 0.5) is 5.82 Å². The summed E-state index contributed by atoms with van der Waals surface area (Å²) >= 11 is 0. The van der Waals surface area contributed by atoms with Gasteiger partial charge in [-0.15, -0.1) is 0 Å². The maximum absolute atomic E-state index is 11.8. The quantitative estimate of drug-likeness (QED) is 0.727. The van der Waals surface area contributed by atoms with E-state index in [1.54, 1.807) is 26.8 Å². The molecule has 18 heavy (non-hydrogen) atoms. The van der Waals surface area contributed by atoms with Gasteiger partial charge >= 0.3 is 5.97 Å². The maximum Gasteiger partial charge on any atom is 0.359 e. The molecule has 0 amide bonds. The van der Waals surface area contributed by atoms with Crippen LogP contribution in [-0.2, 0) is 11.3 Å². The molecule has 1 heterocycles. The number of nitriles is 1. The predicted molar refractivity (Wildman–Crippen MR) is 62.3 cm³/mol. The third kappa shape index (κ3) is 3.15. The number of nitrogens with zero attached hydrogens (tertiary/aromatic N) is 3. The number of nitrogen functional groups attached to an aromatic ring is 1. The summed E-state index contributed by atoms with van der Waals surface area (Å²) in [5, 5.41) is 17.8. The molecule has 0 atom stereocenters. The van der Waals surface area contributed by atoms with Crippen molar-refractivity contribution in [3.8, 4) is 6.07 Å². The van der Waals surface area contributed by atoms with Crippen molar-refractivity contribution < 1.29 is 14.6 Å². The molecule has 1 aromatic rings. The van der Waals surface area contributed by atoms with E-state index in [4.69, 9.17) is 20.8 Å². The van der Waals surface area contributed by atoms with Gasteiger partial charge in [-0.05, 0) is 20.8 Å². The second-order valence-electron chi connectivity index (χ2n) is 4.52. The van der Waals surface area contributed by atoms with Gasteiger partial charge in [0.25, 0.3) is 0 Å². The van der Waals surface area contributed by atoms with E-state index in [1.165, 1.54) is 0 Å². The molecule has 0 aliphatic carbocycles. The van der Waals surface area contributed by atoms with Crippen LogP contribution in [0.5, 0.6) is 0 Å². The highest BCUT2D eigenvalue weighted by Crippen LogP contribution is 2.15. The molecular weight excluding hydrogens is 236 g/mol.